The van der Waals surface area contributed by atoms with Crippen molar-refractivity contribution < 1.29 is 9.21 Å². The summed E-state index contributed by atoms with van der Waals surface area (Å²) >= 11 is 3.34. The summed E-state index contributed by atoms with van der Waals surface area (Å²) in [5, 5.41) is 3.83. The summed E-state index contributed by atoms with van der Waals surface area (Å²) in [7, 11) is 0. The van der Waals surface area contributed by atoms with Gasteiger partial charge in [0, 0.05) is 4.47 Å². The van der Waals surface area contributed by atoms with Gasteiger partial charge in [-0.2, -0.15) is 5.10 Å². The van der Waals surface area contributed by atoms with Crippen molar-refractivity contribution in [2.24, 2.45) is 5.10 Å². The zero-order valence-corrected chi connectivity index (χ0v) is 10.3. The number of benzene rings is 1. The third-order valence-electron chi connectivity index (χ3n) is 1.99. The number of hydrogen-bond donors (Lipinski definition) is 1. The van der Waals surface area contributed by atoms with Crippen LogP contribution in [-0.2, 0) is 0 Å². The Kier molecular flexibility index (Phi) is 3.72. The number of hydrogen-bond acceptors (Lipinski definition) is 3. The molecule has 1 aromatic heterocycles. The van der Waals surface area contributed by atoms with Crippen LogP contribution < -0.4 is 5.43 Å². The normalized spacial score (nSPS) is 10.6. The summed E-state index contributed by atoms with van der Waals surface area (Å²) in [5.74, 6) is -0.138. The fourth-order valence-electron chi connectivity index (χ4n) is 1.18. The number of furan rings is 1. The zero-order valence-electron chi connectivity index (χ0n) is 8.76. The molecule has 1 amide bonds. The van der Waals surface area contributed by atoms with Crippen LogP contribution in [0.3, 0.4) is 0 Å². The number of rotatable bonds is 3. The molecule has 86 valence electrons. The van der Waals surface area contributed by atoms with Gasteiger partial charge < -0.3 is 4.42 Å². The summed E-state index contributed by atoms with van der Waals surface area (Å²) in [5.41, 5.74) is 3.27. The summed E-state index contributed by atoms with van der Waals surface area (Å²) in [6.07, 6.45) is 3.00. The molecular formula is C12H9BrN2O2. The number of carbonyl (C=O) groups is 1. The number of nitrogens with zero attached hydrogens (tertiary/aromatic N) is 1. The van der Waals surface area contributed by atoms with Crippen LogP contribution >= 0.6 is 15.9 Å². The Morgan fingerprint density at radius 1 is 1.29 bits per heavy atom. The molecule has 0 aliphatic carbocycles. The molecule has 0 aliphatic heterocycles. The van der Waals surface area contributed by atoms with Crippen molar-refractivity contribution in [3.05, 3.63) is 58.5 Å². The average molecular weight is 293 g/mol. The second-order valence-electron chi connectivity index (χ2n) is 3.23. The lowest BCUT2D eigenvalue weighted by Gasteiger charge is -1.95. The van der Waals surface area contributed by atoms with Crippen molar-refractivity contribution in [2.75, 3.05) is 0 Å². The molecule has 1 heterocycles. The molecule has 0 saturated heterocycles. The van der Waals surface area contributed by atoms with Crippen LogP contribution in [0.5, 0.6) is 0 Å². The lowest BCUT2D eigenvalue weighted by Crippen LogP contribution is -2.16. The van der Waals surface area contributed by atoms with Crippen molar-refractivity contribution in [3.63, 3.8) is 0 Å². The van der Waals surface area contributed by atoms with E-state index in [0.717, 1.165) is 10.0 Å². The number of amides is 1. The van der Waals surface area contributed by atoms with Gasteiger partial charge in [0.15, 0.2) is 5.76 Å². The Hall–Kier alpha value is -1.88. The molecule has 0 spiro atoms. The van der Waals surface area contributed by atoms with Gasteiger partial charge in [-0.15, -0.1) is 0 Å². The van der Waals surface area contributed by atoms with Gasteiger partial charge in [-0.1, -0.05) is 28.1 Å². The summed E-state index contributed by atoms with van der Waals surface area (Å²) in [4.78, 5) is 11.4. The van der Waals surface area contributed by atoms with E-state index < -0.39 is 0 Å². The van der Waals surface area contributed by atoms with Gasteiger partial charge in [-0.25, -0.2) is 5.43 Å². The zero-order chi connectivity index (χ0) is 12.1. The van der Waals surface area contributed by atoms with Crippen molar-refractivity contribution in [2.45, 2.75) is 0 Å². The Balaban J connectivity index is 1.94. The van der Waals surface area contributed by atoms with Gasteiger partial charge in [-0.3, -0.25) is 4.79 Å². The van der Waals surface area contributed by atoms with Gasteiger partial charge in [0.1, 0.15) is 0 Å². The van der Waals surface area contributed by atoms with Crippen LogP contribution in [0.25, 0.3) is 0 Å². The minimum absolute atomic E-state index is 0.234. The van der Waals surface area contributed by atoms with Crippen LogP contribution in [0.15, 0.2) is 56.7 Å². The highest BCUT2D eigenvalue weighted by molar-refractivity contribution is 9.10. The molecule has 4 nitrogen and oxygen atoms in total. The predicted molar refractivity (Wildman–Crippen MR) is 67.9 cm³/mol. The molecule has 2 aromatic rings. The van der Waals surface area contributed by atoms with E-state index in [9.17, 15) is 4.79 Å². The molecule has 17 heavy (non-hydrogen) atoms. The van der Waals surface area contributed by atoms with Crippen LogP contribution in [0.1, 0.15) is 16.1 Å². The lowest BCUT2D eigenvalue weighted by atomic mass is 10.2. The second kappa shape index (κ2) is 5.45. The van der Waals surface area contributed by atoms with E-state index in [4.69, 9.17) is 4.42 Å². The molecular weight excluding hydrogens is 284 g/mol. The summed E-state index contributed by atoms with van der Waals surface area (Å²) in [6.45, 7) is 0. The van der Waals surface area contributed by atoms with Crippen molar-refractivity contribution in [1.82, 2.24) is 5.43 Å². The average Bonchev–Trinajstić information content (AvgIpc) is 2.85. The molecule has 0 atom stereocenters. The van der Waals surface area contributed by atoms with E-state index in [1.165, 1.54) is 6.26 Å². The highest BCUT2D eigenvalue weighted by Crippen LogP contribution is 2.08. The van der Waals surface area contributed by atoms with Crippen LogP contribution in [-0.4, -0.2) is 12.1 Å². The molecule has 2 rings (SSSR count). The van der Waals surface area contributed by atoms with Gasteiger partial charge in [0.2, 0.25) is 0 Å². The first-order valence-electron chi connectivity index (χ1n) is 4.88. The molecule has 1 N–H and O–H groups in total. The smallest absolute Gasteiger partial charge is 0.307 e. The molecule has 0 bridgehead atoms. The van der Waals surface area contributed by atoms with Crippen molar-refractivity contribution in [3.8, 4) is 0 Å². The maximum absolute atomic E-state index is 11.4. The van der Waals surface area contributed by atoms with Crippen LogP contribution in [0, 0.1) is 0 Å². The van der Waals surface area contributed by atoms with Gasteiger partial charge >= 0.3 is 5.91 Å². The molecule has 0 unspecified atom stereocenters. The standard InChI is InChI=1S/C12H9BrN2O2/c13-10-5-3-9(4-6-10)8-14-15-12(16)11-2-1-7-17-11/h1-8H,(H,15,16)/b14-8+. The predicted octanol–water partition coefficient (Wildman–Crippen LogP) is 2.81. The van der Waals surface area contributed by atoms with E-state index >= 15 is 0 Å². The Morgan fingerprint density at radius 3 is 2.71 bits per heavy atom. The number of hydrazone groups is 1. The quantitative estimate of drug-likeness (QED) is 0.699. The third kappa shape index (κ3) is 3.29. The van der Waals surface area contributed by atoms with E-state index in [1.807, 2.05) is 24.3 Å². The molecule has 5 heteroatoms. The first-order chi connectivity index (χ1) is 8.25. The lowest BCUT2D eigenvalue weighted by molar-refractivity contribution is 0.0927. The SMILES string of the molecule is O=C(N/N=C/c1ccc(Br)cc1)c1ccco1. The highest BCUT2D eigenvalue weighted by Gasteiger charge is 2.05. The van der Waals surface area contributed by atoms with Crippen LogP contribution in [0.4, 0.5) is 0 Å². The second-order valence-corrected chi connectivity index (χ2v) is 4.14. The molecule has 0 aliphatic rings. The fraction of sp³-hybridized carbons (Fsp3) is 0. The fourth-order valence-corrected chi connectivity index (χ4v) is 1.44. The Labute approximate surface area is 106 Å². The van der Waals surface area contributed by atoms with E-state index in [-0.39, 0.29) is 11.7 Å². The number of nitrogens with one attached hydrogen (secondary N) is 1. The molecule has 0 fully saturated rings. The van der Waals surface area contributed by atoms with Gasteiger partial charge in [-0.05, 0) is 29.8 Å². The first-order valence-corrected chi connectivity index (χ1v) is 5.67. The minimum atomic E-state index is -0.372. The first kappa shape index (κ1) is 11.6. The third-order valence-corrected chi connectivity index (χ3v) is 2.52. The summed E-state index contributed by atoms with van der Waals surface area (Å²) < 4.78 is 5.92. The summed E-state index contributed by atoms with van der Waals surface area (Å²) in [6, 6.07) is 10.8. The van der Waals surface area contributed by atoms with Crippen molar-refractivity contribution >= 4 is 28.1 Å². The maximum atomic E-state index is 11.4. The molecule has 1 aromatic carbocycles. The monoisotopic (exact) mass is 292 g/mol. The number of carbonyl (C=O) groups excluding carboxylic acids is 1. The van der Waals surface area contributed by atoms with E-state index in [0.29, 0.717) is 0 Å². The van der Waals surface area contributed by atoms with E-state index in [1.54, 1.807) is 18.3 Å². The van der Waals surface area contributed by atoms with Crippen molar-refractivity contribution in [1.29, 1.82) is 0 Å². The number of halogens is 1. The van der Waals surface area contributed by atoms with Gasteiger partial charge in [0.25, 0.3) is 0 Å². The molecule has 0 radical (unpaired) electrons. The molecule has 0 saturated carbocycles. The highest BCUT2D eigenvalue weighted by atomic mass is 79.9. The van der Waals surface area contributed by atoms with Gasteiger partial charge in [0.05, 0.1) is 12.5 Å². The maximum Gasteiger partial charge on any atom is 0.307 e. The van der Waals surface area contributed by atoms with E-state index in [2.05, 4.69) is 26.5 Å². The topological polar surface area (TPSA) is 54.6 Å². The minimum Gasteiger partial charge on any atom is -0.459 e. The Morgan fingerprint density at radius 2 is 2.06 bits per heavy atom. The largest absolute Gasteiger partial charge is 0.459 e. The Bertz CT molecular complexity index is 518. The van der Waals surface area contributed by atoms with Crippen LogP contribution in [0.2, 0.25) is 0 Å².